The van der Waals surface area contributed by atoms with Gasteiger partial charge in [0.1, 0.15) is 0 Å². The van der Waals surface area contributed by atoms with Gasteiger partial charge in [0.15, 0.2) is 0 Å². The molecule has 0 aliphatic carbocycles. The lowest BCUT2D eigenvalue weighted by molar-refractivity contribution is 0.205. The van der Waals surface area contributed by atoms with E-state index in [1.807, 2.05) is 4.90 Å². The van der Waals surface area contributed by atoms with Crippen LogP contribution in [-0.4, -0.2) is 42.1 Å². The summed E-state index contributed by atoms with van der Waals surface area (Å²) < 4.78 is 0. The van der Waals surface area contributed by atoms with Gasteiger partial charge in [-0.1, -0.05) is 0 Å². The van der Waals surface area contributed by atoms with Gasteiger partial charge in [-0.25, -0.2) is 4.79 Å². The van der Waals surface area contributed by atoms with Crippen LogP contribution in [0, 0.1) is 0 Å². The zero-order chi connectivity index (χ0) is 9.47. The Kier molecular flexibility index (Phi) is 1.95. The third-order valence-electron chi connectivity index (χ3n) is 2.97. The fraction of sp³-hybridized carbons (Fsp3) is 0.889. The van der Waals surface area contributed by atoms with Crippen LogP contribution >= 0.6 is 0 Å². The number of amides is 2. The van der Waals surface area contributed by atoms with Crippen molar-refractivity contribution in [1.29, 1.82) is 0 Å². The first kappa shape index (κ1) is 8.81. The minimum Gasteiger partial charge on any atom is -0.329 e. The maximum Gasteiger partial charge on any atom is 0.318 e. The number of hydrogen-bond donors (Lipinski definition) is 2. The van der Waals surface area contributed by atoms with Crippen molar-refractivity contribution >= 4 is 6.03 Å². The van der Waals surface area contributed by atoms with Crippen LogP contribution in [0.5, 0.6) is 0 Å². The van der Waals surface area contributed by atoms with Crippen LogP contribution < -0.4 is 10.6 Å². The average Bonchev–Trinajstić information content (AvgIpc) is 2.60. The van der Waals surface area contributed by atoms with Gasteiger partial charge in [0.05, 0.1) is 5.54 Å². The fourth-order valence-electron chi connectivity index (χ4n) is 2.14. The van der Waals surface area contributed by atoms with Crippen LogP contribution in [0.4, 0.5) is 4.79 Å². The summed E-state index contributed by atoms with van der Waals surface area (Å²) in [4.78, 5) is 13.5. The molecule has 0 bridgehead atoms. The largest absolute Gasteiger partial charge is 0.329 e. The van der Waals surface area contributed by atoms with Gasteiger partial charge in [-0.15, -0.1) is 0 Å². The number of carbonyl (C=O) groups is 1. The molecule has 0 aromatic heterocycles. The van der Waals surface area contributed by atoms with E-state index in [-0.39, 0.29) is 11.6 Å². The monoisotopic (exact) mass is 183 g/mol. The highest BCUT2D eigenvalue weighted by Crippen LogP contribution is 2.23. The second kappa shape index (κ2) is 2.87. The highest BCUT2D eigenvalue weighted by Gasteiger charge is 2.44. The second-order valence-corrected chi connectivity index (χ2v) is 4.36. The standard InChI is InChI=1S/C9H17N3O/c1-7(2)12-6-9(11-8(12)13)3-4-10-5-9/h7,10H,3-6H2,1-2H3,(H,11,13). The normalized spacial score (nSPS) is 33.5. The highest BCUT2D eigenvalue weighted by atomic mass is 16.2. The van der Waals surface area contributed by atoms with Crippen molar-refractivity contribution in [2.24, 2.45) is 0 Å². The van der Waals surface area contributed by atoms with E-state index in [9.17, 15) is 4.79 Å². The Morgan fingerprint density at radius 3 is 2.77 bits per heavy atom. The molecule has 2 aliphatic heterocycles. The summed E-state index contributed by atoms with van der Waals surface area (Å²) in [5.74, 6) is 0. The smallest absolute Gasteiger partial charge is 0.318 e. The quantitative estimate of drug-likeness (QED) is 0.608. The average molecular weight is 183 g/mol. The Hall–Kier alpha value is -0.770. The first-order valence-corrected chi connectivity index (χ1v) is 4.92. The SMILES string of the molecule is CC(C)N1CC2(CCNC2)NC1=O. The Bertz CT molecular complexity index is 221. The van der Waals surface area contributed by atoms with Crippen molar-refractivity contribution in [2.45, 2.75) is 31.8 Å². The van der Waals surface area contributed by atoms with Crippen molar-refractivity contribution in [3.05, 3.63) is 0 Å². The Labute approximate surface area is 78.7 Å². The number of carbonyl (C=O) groups excluding carboxylic acids is 1. The zero-order valence-corrected chi connectivity index (χ0v) is 8.26. The molecule has 13 heavy (non-hydrogen) atoms. The fourth-order valence-corrected chi connectivity index (χ4v) is 2.14. The number of hydrogen-bond acceptors (Lipinski definition) is 2. The molecule has 1 unspecified atom stereocenters. The van der Waals surface area contributed by atoms with Crippen LogP contribution in [0.1, 0.15) is 20.3 Å². The lowest BCUT2D eigenvalue weighted by Gasteiger charge is -2.23. The van der Waals surface area contributed by atoms with Crippen LogP contribution in [-0.2, 0) is 0 Å². The molecule has 1 spiro atoms. The van der Waals surface area contributed by atoms with Gasteiger partial charge in [0, 0.05) is 19.1 Å². The summed E-state index contributed by atoms with van der Waals surface area (Å²) in [6.45, 7) is 6.91. The van der Waals surface area contributed by atoms with E-state index in [1.54, 1.807) is 0 Å². The third kappa shape index (κ3) is 1.39. The number of nitrogens with one attached hydrogen (secondary N) is 2. The molecule has 1 atom stereocenters. The lowest BCUT2D eigenvalue weighted by atomic mass is 10.00. The first-order valence-electron chi connectivity index (χ1n) is 4.92. The van der Waals surface area contributed by atoms with Gasteiger partial charge in [-0.05, 0) is 26.8 Å². The van der Waals surface area contributed by atoms with Crippen molar-refractivity contribution in [3.63, 3.8) is 0 Å². The Morgan fingerprint density at radius 1 is 1.54 bits per heavy atom. The molecule has 0 saturated carbocycles. The van der Waals surface area contributed by atoms with Gasteiger partial charge in [0.25, 0.3) is 0 Å². The van der Waals surface area contributed by atoms with Crippen LogP contribution in [0.15, 0.2) is 0 Å². The predicted octanol–water partition coefficient (Wildman–Crippen LogP) is 0.152. The Balaban J connectivity index is 2.09. The highest BCUT2D eigenvalue weighted by molar-refractivity contribution is 5.78. The van der Waals surface area contributed by atoms with Crippen LogP contribution in [0.2, 0.25) is 0 Å². The van der Waals surface area contributed by atoms with Crippen molar-refractivity contribution in [1.82, 2.24) is 15.5 Å². The van der Waals surface area contributed by atoms with Crippen LogP contribution in [0.25, 0.3) is 0 Å². The molecule has 4 nitrogen and oxygen atoms in total. The molecular weight excluding hydrogens is 166 g/mol. The molecule has 2 saturated heterocycles. The summed E-state index contributed by atoms with van der Waals surface area (Å²) >= 11 is 0. The van der Waals surface area contributed by atoms with Crippen molar-refractivity contribution in [3.8, 4) is 0 Å². The molecule has 2 heterocycles. The molecule has 2 aliphatic rings. The molecule has 74 valence electrons. The summed E-state index contributed by atoms with van der Waals surface area (Å²) in [5, 5.41) is 6.38. The van der Waals surface area contributed by atoms with Crippen LogP contribution in [0.3, 0.4) is 0 Å². The summed E-state index contributed by atoms with van der Waals surface area (Å²) in [6, 6.07) is 0.402. The van der Waals surface area contributed by atoms with Crippen molar-refractivity contribution < 1.29 is 4.79 Å². The Morgan fingerprint density at radius 2 is 2.31 bits per heavy atom. The molecule has 2 amide bonds. The van der Waals surface area contributed by atoms with Gasteiger partial charge >= 0.3 is 6.03 Å². The molecule has 0 radical (unpaired) electrons. The second-order valence-electron chi connectivity index (χ2n) is 4.36. The molecule has 2 rings (SSSR count). The van der Waals surface area contributed by atoms with Crippen molar-refractivity contribution in [2.75, 3.05) is 19.6 Å². The van der Waals surface area contributed by atoms with E-state index in [0.717, 1.165) is 26.1 Å². The van der Waals surface area contributed by atoms with Gasteiger partial charge in [0.2, 0.25) is 0 Å². The number of nitrogens with zero attached hydrogens (tertiary/aromatic N) is 1. The van der Waals surface area contributed by atoms with E-state index in [1.165, 1.54) is 0 Å². The molecule has 2 N–H and O–H groups in total. The van der Waals surface area contributed by atoms with Gasteiger partial charge in [-0.3, -0.25) is 0 Å². The molecule has 0 aromatic rings. The molecule has 4 heteroatoms. The third-order valence-corrected chi connectivity index (χ3v) is 2.97. The summed E-state index contributed by atoms with van der Waals surface area (Å²) in [5.41, 5.74) is 0.0291. The maximum absolute atomic E-state index is 11.6. The van der Waals surface area contributed by atoms with Gasteiger partial charge in [-0.2, -0.15) is 0 Å². The minimum absolute atomic E-state index is 0.0291. The van der Waals surface area contributed by atoms with E-state index in [4.69, 9.17) is 0 Å². The van der Waals surface area contributed by atoms with E-state index < -0.39 is 0 Å². The number of urea groups is 1. The summed E-state index contributed by atoms with van der Waals surface area (Å²) in [6.07, 6.45) is 1.06. The maximum atomic E-state index is 11.6. The molecule has 2 fully saturated rings. The zero-order valence-electron chi connectivity index (χ0n) is 8.26. The predicted molar refractivity (Wildman–Crippen MR) is 50.6 cm³/mol. The topological polar surface area (TPSA) is 44.4 Å². The number of rotatable bonds is 1. The molecule has 0 aromatic carbocycles. The minimum atomic E-state index is 0.0291. The van der Waals surface area contributed by atoms with E-state index in [2.05, 4.69) is 24.5 Å². The summed E-state index contributed by atoms with van der Waals surface area (Å²) in [7, 11) is 0. The van der Waals surface area contributed by atoms with E-state index >= 15 is 0 Å². The van der Waals surface area contributed by atoms with Gasteiger partial charge < -0.3 is 15.5 Å². The molecular formula is C9H17N3O. The lowest BCUT2D eigenvalue weighted by Crippen LogP contribution is -2.45. The first-order chi connectivity index (χ1) is 6.13. The van der Waals surface area contributed by atoms with E-state index in [0.29, 0.717) is 6.04 Å².